The van der Waals surface area contributed by atoms with E-state index in [1.807, 2.05) is 13.8 Å². The third-order valence-corrected chi connectivity index (χ3v) is 3.27. The fourth-order valence-corrected chi connectivity index (χ4v) is 2.15. The molecule has 0 fully saturated rings. The van der Waals surface area contributed by atoms with Crippen LogP contribution in [0.1, 0.15) is 64.0 Å². The van der Waals surface area contributed by atoms with Crippen LogP contribution in [0, 0.1) is 16.7 Å². The van der Waals surface area contributed by atoms with Crippen molar-refractivity contribution in [3.63, 3.8) is 0 Å². The summed E-state index contributed by atoms with van der Waals surface area (Å²) in [4.78, 5) is 0. The monoisotopic (exact) mass is 229 g/mol. The minimum absolute atomic E-state index is 0.243. The Bertz CT molecular complexity index is 410. The lowest BCUT2D eigenvalue weighted by molar-refractivity contribution is 0.413. The van der Waals surface area contributed by atoms with E-state index in [0.717, 1.165) is 6.42 Å². The van der Waals surface area contributed by atoms with Gasteiger partial charge in [-0.25, -0.2) is 0 Å². The molecule has 0 radical (unpaired) electrons. The minimum atomic E-state index is -0.243. The van der Waals surface area contributed by atoms with Gasteiger partial charge in [0.2, 0.25) is 0 Å². The van der Waals surface area contributed by atoms with Crippen LogP contribution in [-0.4, -0.2) is 0 Å². The number of nitrogens with zero attached hydrogens (tertiary/aromatic N) is 1. The van der Waals surface area contributed by atoms with Gasteiger partial charge in [0.15, 0.2) is 0 Å². The number of hydrogen-bond acceptors (Lipinski definition) is 1. The van der Waals surface area contributed by atoms with Crippen LogP contribution >= 0.6 is 0 Å². The van der Waals surface area contributed by atoms with E-state index in [0.29, 0.717) is 11.8 Å². The van der Waals surface area contributed by atoms with Gasteiger partial charge in [-0.2, -0.15) is 5.26 Å². The van der Waals surface area contributed by atoms with Crippen LogP contribution in [0.25, 0.3) is 0 Å². The Balaban J connectivity index is 2.87. The molecule has 0 spiro atoms. The predicted molar refractivity (Wildman–Crippen MR) is 73.0 cm³/mol. The van der Waals surface area contributed by atoms with Gasteiger partial charge in [0.25, 0.3) is 0 Å². The zero-order valence-electron chi connectivity index (χ0n) is 11.6. The number of nitriles is 1. The first kappa shape index (κ1) is 13.8. The van der Waals surface area contributed by atoms with Gasteiger partial charge in [-0.15, -0.1) is 0 Å². The lowest BCUT2D eigenvalue weighted by atomic mass is 9.81. The van der Waals surface area contributed by atoms with Gasteiger partial charge in [-0.1, -0.05) is 45.0 Å². The van der Waals surface area contributed by atoms with Gasteiger partial charge in [-0.05, 0) is 43.2 Å². The van der Waals surface area contributed by atoms with Crippen molar-refractivity contribution in [2.24, 2.45) is 5.41 Å². The normalized spacial score (nSPS) is 13.5. The lowest BCUT2D eigenvalue weighted by Crippen LogP contribution is -2.12. The molecular formula is C16H23N. The zero-order chi connectivity index (χ0) is 13.1. The van der Waals surface area contributed by atoms with Crippen molar-refractivity contribution in [2.45, 2.75) is 52.9 Å². The highest BCUT2D eigenvalue weighted by atomic mass is 14.3. The van der Waals surface area contributed by atoms with Crippen molar-refractivity contribution in [1.82, 2.24) is 0 Å². The third-order valence-electron chi connectivity index (χ3n) is 3.27. The quantitative estimate of drug-likeness (QED) is 0.723. The molecule has 0 heterocycles. The molecule has 0 aliphatic carbocycles. The number of hydrogen-bond donors (Lipinski definition) is 0. The second kappa shape index (κ2) is 5.36. The van der Waals surface area contributed by atoms with Crippen molar-refractivity contribution in [1.29, 1.82) is 5.26 Å². The molecule has 0 N–H and O–H groups in total. The van der Waals surface area contributed by atoms with Crippen LogP contribution < -0.4 is 0 Å². The average Bonchev–Trinajstić information content (AvgIpc) is 2.28. The Labute approximate surface area is 105 Å². The van der Waals surface area contributed by atoms with E-state index in [9.17, 15) is 0 Å². The highest BCUT2D eigenvalue weighted by Crippen LogP contribution is 2.31. The molecule has 1 atom stereocenters. The molecule has 1 aromatic rings. The highest BCUT2D eigenvalue weighted by molar-refractivity contribution is 5.28. The molecule has 1 nitrogen and oxygen atoms in total. The van der Waals surface area contributed by atoms with Crippen LogP contribution in [0.3, 0.4) is 0 Å². The second-order valence-corrected chi connectivity index (χ2v) is 5.93. The first-order valence-electron chi connectivity index (χ1n) is 6.37. The van der Waals surface area contributed by atoms with E-state index < -0.39 is 0 Å². The molecule has 1 heteroatoms. The molecule has 0 saturated heterocycles. The van der Waals surface area contributed by atoms with Gasteiger partial charge in [-0.3, -0.25) is 0 Å². The van der Waals surface area contributed by atoms with E-state index in [2.05, 4.69) is 51.1 Å². The van der Waals surface area contributed by atoms with Crippen LogP contribution in [0.2, 0.25) is 0 Å². The lowest BCUT2D eigenvalue weighted by Gasteiger charge is -2.21. The van der Waals surface area contributed by atoms with Crippen molar-refractivity contribution >= 4 is 0 Å². The summed E-state index contributed by atoms with van der Waals surface area (Å²) in [5, 5.41) is 9.08. The maximum Gasteiger partial charge on any atom is 0.0684 e. The average molecular weight is 229 g/mol. The van der Waals surface area contributed by atoms with E-state index in [-0.39, 0.29) is 5.41 Å². The molecule has 0 aliphatic heterocycles. The van der Waals surface area contributed by atoms with Crippen LogP contribution in [0.5, 0.6) is 0 Å². The Morgan fingerprint density at radius 2 is 1.76 bits per heavy atom. The maximum atomic E-state index is 9.08. The molecule has 1 aromatic carbocycles. The molecular weight excluding hydrogens is 206 g/mol. The number of benzene rings is 1. The first-order chi connectivity index (χ1) is 7.85. The molecule has 0 bridgehead atoms. The smallest absolute Gasteiger partial charge is 0.0684 e. The van der Waals surface area contributed by atoms with Crippen LogP contribution in [0.4, 0.5) is 0 Å². The first-order valence-corrected chi connectivity index (χ1v) is 6.37. The van der Waals surface area contributed by atoms with Gasteiger partial charge in [0.05, 0.1) is 11.5 Å². The maximum absolute atomic E-state index is 9.08. The largest absolute Gasteiger partial charge is 0.198 e. The third kappa shape index (κ3) is 3.89. The van der Waals surface area contributed by atoms with Crippen molar-refractivity contribution in [3.8, 4) is 6.07 Å². The van der Waals surface area contributed by atoms with E-state index in [1.54, 1.807) is 0 Å². The van der Waals surface area contributed by atoms with E-state index in [1.165, 1.54) is 11.1 Å². The molecule has 0 aliphatic rings. The summed E-state index contributed by atoms with van der Waals surface area (Å²) in [6.45, 7) is 10.6. The standard InChI is InChI=1S/C16H23N/c1-12(2)14-7-6-8-15(9-14)13(3)10-16(4,5)11-17/h6-9,12-13H,10H2,1-5H3. The van der Waals surface area contributed by atoms with Gasteiger partial charge >= 0.3 is 0 Å². The summed E-state index contributed by atoms with van der Waals surface area (Å²) >= 11 is 0. The molecule has 0 aromatic heterocycles. The van der Waals surface area contributed by atoms with Gasteiger partial charge in [0.1, 0.15) is 0 Å². The molecule has 1 rings (SSSR count). The Morgan fingerprint density at radius 1 is 1.18 bits per heavy atom. The predicted octanol–water partition coefficient (Wildman–Crippen LogP) is 4.85. The van der Waals surface area contributed by atoms with Crippen molar-refractivity contribution in [2.75, 3.05) is 0 Å². The van der Waals surface area contributed by atoms with E-state index in [4.69, 9.17) is 5.26 Å². The van der Waals surface area contributed by atoms with Crippen LogP contribution in [-0.2, 0) is 0 Å². The summed E-state index contributed by atoms with van der Waals surface area (Å²) in [5.74, 6) is 0.995. The Morgan fingerprint density at radius 3 is 2.29 bits per heavy atom. The topological polar surface area (TPSA) is 23.8 Å². The summed E-state index contributed by atoms with van der Waals surface area (Å²) in [6, 6.07) is 11.1. The van der Waals surface area contributed by atoms with Gasteiger partial charge in [0, 0.05) is 0 Å². The fraction of sp³-hybridized carbons (Fsp3) is 0.562. The van der Waals surface area contributed by atoms with Crippen LogP contribution in [0.15, 0.2) is 24.3 Å². The molecule has 92 valence electrons. The summed E-state index contributed by atoms with van der Waals surface area (Å²) in [6.07, 6.45) is 0.908. The van der Waals surface area contributed by atoms with Gasteiger partial charge < -0.3 is 0 Å². The molecule has 0 amide bonds. The zero-order valence-corrected chi connectivity index (χ0v) is 11.6. The fourth-order valence-electron chi connectivity index (χ4n) is 2.15. The number of rotatable bonds is 4. The summed E-state index contributed by atoms with van der Waals surface area (Å²) < 4.78 is 0. The summed E-state index contributed by atoms with van der Waals surface area (Å²) in [5.41, 5.74) is 2.48. The summed E-state index contributed by atoms with van der Waals surface area (Å²) in [7, 11) is 0. The molecule has 0 saturated carbocycles. The minimum Gasteiger partial charge on any atom is -0.198 e. The Kier molecular flexibility index (Phi) is 4.34. The second-order valence-electron chi connectivity index (χ2n) is 5.93. The molecule has 1 unspecified atom stereocenters. The SMILES string of the molecule is CC(C)c1cccc(C(C)CC(C)(C)C#N)c1. The van der Waals surface area contributed by atoms with Crippen molar-refractivity contribution in [3.05, 3.63) is 35.4 Å². The van der Waals surface area contributed by atoms with Crippen molar-refractivity contribution < 1.29 is 0 Å². The highest BCUT2D eigenvalue weighted by Gasteiger charge is 2.21. The molecule has 17 heavy (non-hydrogen) atoms. The Hall–Kier alpha value is -1.29. The van der Waals surface area contributed by atoms with E-state index >= 15 is 0 Å².